The van der Waals surface area contributed by atoms with Crippen molar-refractivity contribution in [1.82, 2.24) is 14.9 Å². The van der Waals surface area contributed by atoms with Gasteiger partial charge in [0.15, 0.2) is 0 Å². The first-order valence-corrected chi connectivity index (χ1v) is 6.13. The van der Waals surface area contributed by atoms with Crippen molar-refractivity contribution < 1.29 is 9.59 Å². The van der Waals surface area contributed by atoms with Gasteiger partial charge in [0.25, 0.3) is 0 Å². The predicted octanol–water partition coefficient (Wildman–Crippen LogP) is 0.204. The number of fused-ring (bicyclic) bond motifs is 1. The van der Waals surface area contributed by atoms with Crippen LogP contribution in [-0.2, 0) is 9.59 Å². The Morgan fingerprint density at radius 3 is 2.72 bits per heavy atom. The molecular formula is C12H14N4O2. The van der Waals surface area contributed by atoms with Gasteiger partial charge in [-0.3, -0.25) is 14.5 Å². The maximum absolute atomic E-state index is 12.4. The van der Waals surface area contributed by atoms with Crippen LogP contribution in [0.2, 0.25) is 0 Å². The second kappa shape index (κ2) is 4.36. The van der Waals surface area contributed by atoms with Gasteiger partial charge >= 0.3 is 0 Å². The van der Waals surface area contributed by atoms with Crippen molar-refractivity contribution in [2.75, 3.05) is 18.0 Å². The van der Waals surface area contributed by atoms with Gasteiger partial charge in [-0.2, -0.15) is 0 Å². The van der Waals surface area contributed by atoms with Gasteiger partial charge in [0.05, 0.1) is 18.1 Å². The number of nitrogens with zero attached hydrogens (tertiary/aromatic N) is 4. The summed E-state index contributed by atoms with van der Waals surface area (Å²) in [5.74, 6) is 0.00672. The predicted molar refractivity (Wildman–Crippen MR) is 63.7 cm³/mol. The Kier molecular flexibility index (Phi) is 2.70. The molecule has 2 aliphatic rings. The lowest BCUT2D eigenvalue weighted by Gasteiger charge is -2.42. The summed E-state index contributed by atoms with van der Waals surface area (Å²) in [6.45, 7) is 0.803. The highest BCUT2D eigenvalue weighted by molar-refractivity contribution is 6.06. The third kappa shape index (κ3) is 1.73. The topological polar surface area (TPSA) is 66.4 Å². The highest BCUT2D eigenvalue weighted by atomic mass is 16.2. The number of hydrogen-bond acceptors (Lipinski definition) is 4. The van der Waals surface area contributed by atoms with Crippen LogP contribution >= 0.6 is 0 Å². The van der Waals surface area contributed by atoms with Gasteiger partial charge < -0.3 is 4.90 Å². The number of anilines is 1. The zero-order valence-electron chi connectivity index (χ0n) is 9.95. The molecule has 94 valence electrons. The van der Waals surface area contributed by atoms with E-state index >= 15 is 0 Å². The molecule has 3 rings (SSSR count). The Hall–Kier alpha value is -1.98. The molecule has 1 atom stereocenters. The summed E-state index contributed by atoms with van der Waals surface area (Å²) in [5.41, 5.74) is 0.598. The molecule has 0 bridgehead atoms. The van der Waals surface area contributed by atoms with E-state index in [9.17, 15) is 9.59 Å². The highest BCUT2D eigenvalue weighted by Gasteiger charge is 2.40. The third-order valence-corrected chi connectivity index (χ3v) is 3.53. The largest absolute Gasteiger partial charge is 0.329 e. The molecule has 18 heavy (non-hydrogen) atoms. The average molecular weight is 246 g/mol. The van der Waals surface area contributed by atoms with Crippen molar-refractivity contribution in [3.8, 4) is 0 Å². The Morgan fingerprint density at radius 2 is 1.94 bits per heavy atom. The van der Waals surface area contributed by atoms with E-state index in [0.717, 1.165) is 19.3 Å². The van der Waals surface area contributed by atoms with E-state index in [1.54, 1.807) is 17.3 Å². The number of piperazine rings is 1. The number of piperidine rings is 1. The SMILES string of the molecule is O=C1C2CCCCN2C(=O)CN1c1cncnc1. The monoisotopic (exact) mass is 246 g/mol. The molecule has 0 aliphatic carbocycles. The molecule has 2 aliphatic heterocycles. The van der Waals surface area contributed by atoms with E-state index in [1.165, 1.54) is 11.2 Å². The normalized spacial score (nSPS) is 24.1. The molecule has 0 saturated carbocycles. The van der Waals surface area contributed by atoms with Crippen molar-refractivity contribution in [2.24, 2.45) is 0 Å². The standard InChI is InChI=1S/C12H14N4O2/c17-11-7-16(9-5-13-8-14-6-9)12(18)10-3-1-2-4-15(10)11/h5-6,8,10H,1-4,7H2. The molecule has 1 aromatic rings. The minimum absolute atomic E-state index is 0.0101. The third-order valence-electron chi connectivity index (χ3n) is 3.53. The first-order valence-electron chi connectivity index (χ1n) is 6.13. The summed E-state index contributed by atoms with van der Waals surface area (Å²) >= 11 is 0. The van der Waals surface area contributed by atoms with Crippen LogP contribution < -0.4 is 4.90 Å². The Balaban J connectivity index is 1.90. The fourth-order valence-corrected chi connectivity index (χ4v) is 2.62. The molecule has 2 amide bonds. The summed E-state index contributed by atoms with van der Waals surface area (Å²) in [7, 11) is 0. The van der Waals surface area contributed by atoms with Crippen molar-refractivity contribution in [3.05, 3.63) is 18.7 Å². The van der Waals surface area contributed by atoms with Gasteiger partial charge in [-0.1, -0.05) is 0 Å². The zero-order valence-corrected chi connectivity index (χ0v) is 9.95. The average Bonchev–Trinajstić information content (AvgIpc) is 2.44. The fourth-order valence-electron chi connectivity index (χ4n) is 2.62. The number of rotatable bonds is 1. The number of carbonyl (C=O) groups excluding carboxylic acids is 2. The second-order valence-corrected chi connectivity index (χ2v) is 4.62. The van der Waals surface area contributed by atoms with E-state index in [2.05, 4.69) is 9.97 Å². The Bertz CT molecular complexity index is 476. The van der Waals surface area contributed by atoms with Crippen LogP contribution in [-0.4, -0.2) is 45.8 Å². The van der Waals surface area contributed by atoms with Crippen molar-refractivity contribution in [3.63, 3.8) is 0 Å². The molecule has 6 nitrogen and oxygen atoms in total. The first kappa shape index (κ1) is 11.1. The number of hydrogen-bond donors (Lipinski definition) is 0. The minimum atomic E-state index is -0.291. The van der Waals surface area contributed by atoms with Crippen LogP contribution in [0.3, 0.4) is 0 Å². The first-order chi connectivity index (χ1) is 8.77. The quantitative estimate of drug-likeness (QED) is 0.710. The Labute approximate surface area is 105 Å². The van der Waals surface area contributed by atoms with E-state index in [4.69, 9.17) is 0 Å². The summed E-state index contributed by atoms with van der Waals surface area (Å²) in [6, 6.07) is -0.291. The van der Waals surface area contributed by atoms with E-state index in [0.29, 0.717) is 12.2 Å². The highest BCUT2D eigenvalue weighted by Crippen LogP contribution is 2.25. The van der Waals surface area contributed by atoms with Crippen LogP contribution in [0.1, 0.15) is 19.3 Å². The van der Waals surface area contributed by atoms with Crippen molar-refractivity contribution >= 4 is 17.5 Å². The molecule has 2 saturated heterocycles. The molecule has 2 fully saturated rings. The molecular weight excluding hydrogens is 232 g/mol. The lowest BCUT2D eigenvalue weighted by Crippen LogP contribution is -2.61. The smallest absolute Gasteiger partial charge is 0.250 e. The fraction of sp³-hybridized carbons (Fsp3) is 0.500. The lowest BCUT2D eigenvalue weighted by molar-refractivity contribution is -0.144. The molecule has 6 heteroatoms. The Morgan fingerprint density at radius 1 is 1.17 bits per heavy atom. The van der Waals surface area contributed by atoms with Gasteiger partial charge in [0, 0.05) is 6.54 Å². The minimum Gasteiger partial charge on any atom is -0.329 e. The van der Waals surface area contributed by atoms with Gasteiger partial charge in [-0.05, 0) is 19.3 Å². The number of carbonyl (C=O) groups is 2. The van der Waals surface area contributed by atoms with Gasteiger partial charge in [-0.15, -0.1) is 0 Å². The van der Waals surface area contributed by atoms with Gasteiger partial charge in [-0.25, -0.2) is 9.97 Å². The van der Waals surface area contributed by atoms with Crippen LogP contribution in [0.15, 0.2) is 18.7 Å². The van der Waals surface area contributed by atoms with E-state index in [1.807, 2.05) is 0 Å². The van der Waals surface area contributed by atoms with E-state index < -0.39 is 0 Å². The lowest BCUT2D eigenvalue weighted by atomic mass is 9.98. The summed E-state index contributed by atoms with van der Waals surface area (Å²) in [6.07, 6.45) is 7.29. The molecule has 3 heterocycles. The van der Waals surface area contributed by atoms with Crippen molar-refractivity contribution in [1.29, 1.82) is 0 Å². The number of aromatic nitrogens is 2. The molecule has 0 aromatic carbocycles. The van der Waals surface area contributed by atoms with Gasteiger partial charge in [0.2, 0.25) is 11.8 Å². The molecule has 0 spiro atoms. The van der Waals surface area contributed by atoms with E-state index in [-0.39, 0.29) is 24.4 Å². The maximum atomic E-state index is 12.4. The van der Waals surface area contributed by atoms with Crippen LogP contribution in [0.5, 0.6) is 0 Å². The second-order valence-electron chi connectivity index (χ2n) is 4.62. The van der Waals surface area contributed by atoms with Crippen LogP contribution in [0.25, 0.3) is 0 Å². The van der Waals surface area contributed by atoms with Crippen LogP contribution in [0, 0.1) is 0 Å². The summed E-state index contributed by atoms with van der Waals surface area (Å²) in [4.78, 5) is 35.4. The summed E-state index contributed by atoms with van der Waals surface area (Å²) < 4.78 is 0. The zero-order chi connectivity index (χ0) is 12.5. The number of amides is 2. The molecule has 0 N–H and O–H groups in total. The van der Waals surface area contributed by atoms with Crippen LogP contribution in [0.4, 0.5) is 5.69 Å². The van der Waals surface area contributed by atoms with Crippen molar-refractivity contribution in [2.45, 2.75) is 25.3 Å². The molecule has 0 radical (unpaired) electrons. The molecule has 1 aromatic heterocycles. The summed E-state index contributed by atoms with van der Waals surface area (Å²) in [5, 5.41) is 0. The van der Waals surface area contributed by atoms with Gasteiger partial charge in [0.1, 0.15) is 18.9 Å². The maximum Gasteiger partial charge on any atom is 0.250 e. The molecule has 1 unspecified atom stereocenters.